The van der Waals surface area contributed by atoms with Crippen molar-refractivity contribution in [2.24, 2.45) is 0 Å². The molecule has 0 aliphatic carbocycles. The lowest BCUT2D eigenvalue weighted by atomic mass is 10.1. The van der Waals surface area contributed by atoms with E-state index in [4.69, 9.17) is 37.8 Å². The largest absolute Gasteiger partial charge is 0.493 e. The SMILES string of the molecule is Cc1c(Cl)cccc1OCCCC(=O)N1CCCOc2c(-c3cnn(Cc4c(F)cc(C(=O)N[C@@H](CC(=O)O)C(=O)O)cc4Cl)c3)cccc21. The van der Waals surface area contributed by atoms with Crippen LogP contribution in [-0.4, -0.2) is 69.5 Å². The van der Waals surface area contributed by atoms with Crippen molar-refractivity contribution >= 4 is 52.6 Å². The van der Waals surface area contributed by atoms with Crippen LogP contribution in [0.1, 0.15) is 47.2 Å². The van der Waals surface area contributed by atoms with Crippen LogP contribution < -0.4 is 19.7 Å². The van der Waals surface area contributed by atoms with Crippen LogP contribution >= 0.6 is 23.2 Å². The van der Waals surface area contributed by atoms with Gasteiger partial charge in [0.1, 0.15) is 17.6 Å². The molecule has 1 aromatic heterocycles. The van der Waals surface area contributed by atoms with E-state index in [1.54, 1.807) is 23.4 Å². The van der Waals surface area contributed by atoms with Crippen LogP contribution in [0.15, 0.2) is 60.9 Å². The van der Waals surface area contributed by atoms with Crippen LogP contribution in [0.3, 0.4) is 0 Å². The van der Waals surface area contributed by atoms with Gasteiger partial charge in [-0.15, -0.1) is 0 Å². The summed E-state index contributed by atoms with van der Waals surface area (Å²) in [5.74, 6) is -3.69. The lowest BCUT2D eigenvalue weighted by Crippen LogP contribution is -2.42. The van der Waals surface area contributed by atoms with Gasteiger partial charge < -0.3 is 29.9 Å². The zero-order chi connectivity index (χ0) is 35.9. The first kappa shape index (κ1) is 36.1. The van der Waals surface area contributed by atoms with Gasteiger partial charge in [0.05, 0.1) is 38.1 Å². The van der Waals surface area contributed by atoms with E-state index < -0.39 is 36.1 Å². The standard InChI is InChI=1S/C35H33Cl2FN4O8/c1-20-25(36)7-3-9-30(20)49-12-4-10-31(43)42-11-5-13-50-33-23(6-2-8-29(33)42)22-17-39-41(18-22)19-24-26(37)14-21(15-27(24)38)34(46)40-28(35(47)48)16-32(44)45/h2-3,6-9,14-15,17-18,28H,4-5,10-13,16,19H2,1H3,(H,40,46)(H,44,45)(H,47,48)/t28-/m0/s1. The molecule has 2 heterocycles. The van der Waals surface area contributed by atoms with Crippen molar-refractivity contribution in [2.75, 3.05) is 24.7 Å². The van der Waals surface area contributed by atoms with Crippen molar-refractivity contribution in [1.82, 2.24) is 15.1 Å². The first-order chi connectivity index (χ1) is 23.9. The molecule has 0 saturated heterocycles. The molecular formula is C35H33Cl2FN4O8. The number of aromatic nitrogens is 2. The summed E-state index contributed by atoms with van der Waals surface area (Å²) in [6.07, 6.45) is 3.78. The topological polar surface area (TPSA) is 160 Å². The summed E-state index contributed by atoms with van der Waals surface area (Å²) in [4.78, 5) is 50.0. The second-order valence-corrected chi connectivity index (χ2v) is 12.3. The molecule has 3 aromatic carbocycles. The van der Waals surface area contributed by atoms with Gasteiger partial charge in [0.2, 0.25) is 5.91 Å². The lowest BCUT2D eigenvalue weighted by molar-refractivity contribution is -0.145. The number of carboxylic acid groups (broad SMARTS) is 2. The van der Waals surface area contributed by atoms with Crippen molar-refractivity contribution < 1.29 is 43.3 Å². The highest BCUT2D eigenvalue weighted by molar-refractivity contribution is 6.32. The van der Waals surface area contributed by atoms with E-state index in [1.807, 2.05) is 37.3 Å². The molecule has 50 heavy (non-hydrogen) atoms. The highest BCUT2D eigenvalue weighted by Crippen LogP contribution is 2.40. The second-order valence-electron chi connectivity index (χ2n) is 11.5. The third kappa shape index (κ3) is 8.52. The summed E-state index contributed by atoms with van der Waals surface area (Å²) >= 11 is 12.5. The highest BCUT2D eigenvalue weighted by atomic mass is 35.5. The van der Waals surface area contributed by atoms with Gasteiger partial charge in [-0.2, -0.15) is 5.10 Å². The number of para-hydroxylation sites is 1. The number of fused-ring (bicyclic) bond motifs is 1. The Morgan fingerprint density at radius 2 is 1.88 bits per heavy atom. The molecule has 0 radical (unpaired) electrons. The zero-order valence-corrected chi connectivity index (χ0v) is 28.3. The smallest absolute Gasteiger partial charge is 0.326 e. The van der Waals surface area contributed by atoms with Crippen molar-refractivity contribution in [2.45, 2.75) is 45.2 Å². The quantitative estimate of drug-likeness (QED) is 0.141. The van der Waals surface area contributed by atoms with Gasteiger partial charge in [-0.1, -0.05) is 41.4 Å². The first-order valence-electron chi connectivity index (χ1n) is 15.6. The molecule has 0 saturated carbocycles. The van der Waals surface area contributed by atoms with Crippen molar-refractivity contribution in [3.8, 4) is 22.6 Å². The van der Waals surface area contributed by atoms with E-state index in [-0.39, 0.29) is 35.0 Å². The van der Waals surface area contributed by atoms with E-state index in [2.05, 4.69) is 10.4 Å². The van der Waals surface area contributed by atoms with Gasteiger partial charge in [0, 0.05) is 57.0 Å². The molecule has 15 heteroatoms. The molecule has 0 unspecified atom stereocenters. The fourth-order valence-electron chi connectivity index (χ4n) is 5.43. The molecule has 1 aliphatic heterocycles. The third-order valence-electron chi connectivity index (χ3n) is 8.02. The predicted molar refractivity (Wildman–Crippen MR) is 183 cm³/mol. The maximum Gasteiger partial charge on any atom is 0.326 e. The third-order valence-corrected chi connectivity index (χ3v) is 8.77. The number of hydrogen-bond donors (Lipinski definition) is 3. The maximum atomic E-state index is 15.2. The van der Waals surface area contributed by atoms with E-state index in [0.29, 0.717) is 65.9 Å². The highest BCUT2D eigenvalue weighted by Gasteiger charge is 2.26. The summed E-state index contributed by atoms with van der Waals surface area (Å²) in [5.41, 5.74) is 2.54. The maximum absolute atomic E-state index is 15.2. The van der Waals surface area contributed by atoms with Gasteiger partial charge in [0.15, 0.2) is 5.75 Å². The fraction of sp³-hybridized carbons (Fsp3) is 0.286. The Hall–Kier alpha value is -5.14. The van der Waals surface area contributed by atoms with Crippen LogP contribution in [-0.2, 0) is 20.9 Å². The Kier molecular flexibility index (Phi) is 11.6. The number of rotatable bonds is 13. The number of carboxylic acids is 2. The molecule has 0 bridgehead atoms. The van der Waals surface area contributed by atoms with Gasteiger partial charge in [-0.05, 0) is 50.1 Å². The van der Waals surface area contributed by atoms with E-state index >= 15 is 4.39 Å². The van der Waals surface area contributed by atoms with Crippen LogP contribution in [0.5, 0.6) is 11.5 Å². The number of nitrogens with one attached hydrogen (secondary N) is 1. The molecule has 0 fully saturated rings. The number of hydrogen-bond acceptors (Lipinski definition) is 7. The van der Waals surface area contributed by atoms with Crippen molar-refractivity contribution in [3.05, 3.63) is 93.5 Å². The summed E-state index contributed by atoms with van der Waals surface area (Å²) in [6, 6.07) is 11.3. The second kappa shape index (κ2) is 16.0. The molecule has 3 N–H and O–H groups in total. The van der Waals surface area contributed by atoms with Gasteiger partial charge in [0.25, 0.3) is 5.91 Å². The van der Waals surface area contributed by atoms with Crippen LogP contribution in [0.4, 0.5) is 10.1 Å². The predicted octanol–water partition coefficient (Wildman–Crippen LogP) is 5.99. The van der Waals surface area contributed by atoms with Crippen LogP contribution in [0, 0.1) is 12.7 Å². The van der Waals surface area contributed by atoms with Crippen LogP contribution in [0.2, 0.25) is 10.0 Å². The fourth-order valence-corrected chi connectivity index (χ4v) is 5.86. The van der Waals surface area contributed by atoms with E-state index in [1.165, 1.54) is 10.7 Å². The number of aliphatic carboxylic acids is 2. The Balaban J connectivity index is 1.28. The van der Waals surface area contributed by atoms with Gasteiger partial charge >= 0.3 is 11.9 Å². The normalized spacial score (nSPS) is 13.1. The molecule has 1 atom stereocenters. The van der Waals surface area contributed by atoms with Gasteiger partial charge in [-0.25, -0.2) is 9.18 Å². The molecule has 0 spiro atoms. The number of carbonyl (C=O) groups excluding carboxylic acids is 2. The zero-order valence-electron chi connectivity index (χ0n) is 26.8. The number of ether oxygens (including phenoxy) is 2. The minimum atomic E-state index is -1.71. The number of carbonyl (C=O) groups is 4. The van der Waals surface area contributed by atoms with Crippen molar-refractivity contribution in [1.29, 1.82) is 0 Å². The summed E-state index contributed by atoms with van der Waals surface area (Å²) in [5, 5.41) is 25.0. The lowest BCUT2D eigenvalue weighted by Gasteiger charge is -2.23. The Labute approximate surface area is 296 Å². The molecule has 5 rings (SSSR count). The summed E-state index contributed by atoms with van der Waals surface area (Å²) in [7, 11) is 0. The van der Waals surface area contributed by atoms with E-state index in [0.717, 1.165) is 11.6 Å². The average molecular weight is 728 g/mol. The molecule has 2 amide bonds. The van der Waals surface area contributed by atoms with Crippen LogP contribution in [0.25, 0.3) is 11.1 Å². The van der Waals surface area contributed by atoms with E-state index in [9.17, 15) is 24.3 Å². The minimum absolute atomic E-state index is 0.0209. The average Bonchev–Trinajstić information content (AvgIpc) is 3.43. The Bertz CT molecular complexity index is 1910. The first-order valence-corrected chi connectivity index (χ1v) is 16.4. The molecular weight excluding hydrogens is 694 g/mol. The monoisotopic (exact) mass is 726 g/mol. The summed E-state index contributed by atoms with van der Waals surface area (Å²) < 4.78 is 28.7. The molecule has 1 aliphatic rings. The number of nitrogens with zero attached hydrogens (tertiary/aromatic N) is 3. The molecule has 262 valence electrons. The number of amides is 2. The van der Waals surface area contributed by atoms with Crippen molar-refractivity contribution in [3.63, 3.8) is 0 Å². The van der Waals surface area contributed by atoms with Gasteiger partial charge in [-0.3, -0.25) is 19.1 Å². The number of benzene rings is 3. The minimum Gasteiger partial charge on any atom is -0.493 e. The number of anilines is 1. The Morgan fingerprint density at radius 1 is 1.10 bits per heavy atom. The Morgan fingerprint density at radius 3 is 2.62 bits per heavy atom. The molecule has 4 aromatic rings. The summed E-state index contributed by atoms with van der Waals surface area (Å²) in [6.45, 7) is 2.98. The molecule has 12 nitrogen and oxygen atoms in total. The number of halogens is 3.